The SMILES string of the molecule is CC(C/C=C/[N+](=O)[O-])C1CC1. The highest BCUT2D eigenvalue weighted by Gasteiger charge is 2.26. The van der Waals surface area contributed by atoms with Crippen LogP contribution in [0.2, 0.25) is 0 Å². The summed E-state index contributed by atoms with van der Waals surface area (Å²) in [5, 5.41) is 9.89. The van der Waals surface area contributed by atoms with Gasteiger partial charge in [-0.05, 0) is 37.2 Å². The molecule has 0 radical (unpaired) electrons. The van der Waals surface area contributed by atoms with Crippen molar-refractivity contribution in [3.05, 3.63) is 22.4 Å². The van der Waals surface area contributed by atoms with Crippen molar-refractivity contribution in [3.63, 3.8) is 0 Å². The van der Waals surface area contributed by atoms with Gasteiger partial charge in [0.05, 0.1) is 4.92 Å². The zero-order valence-corrected chi connectivity index (χ0v) is 6.69. The third kappa shape index (κ3) is 3.16. The predicted octanol–water partition coefficient (Wildman–Crippen LogP) is 2.21. The van der Waals surface area contributed by atoms with Gasteiger partial charge in [0, 0.05) is 0 Å². The third-order valence-electron chi connectivity index (χ3n) is 2.16. The van der Waals surface area contributed by atoms with E-state index in [9.17, 15) is 10.1 Å². The molecule has 1 unspecified atom stereocenters. The van der Waals surface area contributed by atoms with E-state index < -0.39 is 4.92 Å². The fourth-order valence-electron chi connectivity index (χ4n) is 1.22. The highest BCUT2D eigenvalue weighted by molar-refractivity contribution is 4.84. The zero-order chi connectivity index (χ0) is 8.27. The highest BCUT2D eigenvalue weighted by Crippen LogP contribution is 2.38. The number of nitrogens with zero attached hydrogens (tertiary/aromatic N) is 1. The minimum Gasteiger partial charge on any atom is -0.259 e. The molecule has 3 heteroatoms. The molecule has 1 atom stereocenters. The number of nitro groups is 1. The van der Waals surface area contributed by atoms with Crippen LogP contribution in [0.1, 0.15) is 26.2 Å². The van der Waals surface area contributed by atoms with Gasteiger partial charge in [-0.3, -0.25) is 10.1 Å². The molecule has 0 aromatic rings. The van der Waals surface area contributed by atoms with E-state index in [0.29, 0.717) is 5.92 Å². The fourth-order valence-corrected chi connectivity index (χ4v) is 1.22. The second kappa shape index (κ2) is 3.51. The molecule has 0 aromatic heterocycles. The van der Waals surface area contributed by atoms with Crippen LogP contribution >= 0.6 is 0 Å². The Bertz CT molecular complexity index is 173. The maximum Gasteiger partial charge on any atom is 0.230 e. The van der Waals surface area contributed by atoms with E-state index in [1.165, 1.54) is 12.8 Å². The summed E-state index contributed by atoms with van der Waals surface area (Å²) in [5.41, 5.74) is 0. The molecule has 0 heterocycles. The van der Waals surface area contributed by atoms with Crippen LogP contribution < -0.4 is 0 Å². The van der Waals surface area contributed by atoms with Gasteiger partial charge in [-0.1, -0.05) is 6.92 Å². The first kappa shape index (κ1) is 8.24. The Labute approximate surface area is 66.3 Å². The molecule has 1 aliphatic carbocycles. The van der Waals surface area contributed by atoms with Gasteiger partial charge < -0.3 is 0 Å². The summed E-state index contributed by atoms with van der Waals surface area (Å²) in [5.74, 6) is 1.47. The second-order valence-electron chi connectivity index (χ2n) is 3.22. The van der Waals surface area contributed by atoms with Gasteiger partial charge in [0.15, 0.2) is 0 Å². The fraction of sp³-hybridized carbons (Fsp3) is 0.750. The van der Waals surface area contributed by atoms with Crippen molar-refractivity contribution in [1.82, 2.24) is 0 Å². The smallest absolute Gasteiger partial charge is 0.230 e. The Morgan fingerprint density at radius 3 is 2.82 bits per heavy atom. The number of hydrogen-bond donors (Lipinski definition) is 0. The molecule has 1 aliphatic rings. The average Bonchev–Trinajstić information content (AvgIpc) is 2.66. The minimum absolute atomic E-state index is 0.403. The van der Waals surface area contributed by atoms with Crippen LogP contribution in [0.25, 0.3) is 0 Å². The molecule has 62 valence electrons. The van der Waals surface area contributed by atoms with Crippen molar-refractivity contribution in [3.8, 4) is 0 Å². The van der Waals surface area contributed by atoms with Crippen LogP contribution in [-0.2, 0) is 0 Å². The topological polar surface area (TPSA) is 43.1 Å². The molecule has 0 bridgehead atoms. The first-order valence-electron chi connectivity index (χ1n) is 4.00. The average molecular weight is 155 g/mol. The lowest BCUT2D eigenvalue weighted by Gasteiger charge is -2.02. The van der Waals surface area contributed by atoms with Gasteiger partial charge in [0.1, 0.15) is 0 Å². The Kier molecular flexibility index (Phi) is 2.63. The third-order valence-corrected chi connectivity index (χ3v) is 2.16. The molecular formula is C8H13NO2. The largest absolute Gasteiger partial charge is 0.259 e. The standard InChI is InChI=1S/C8H13NO2/c1-7(8-4-5-8)3-2-6-9(10)11/h2,6-8H,3-5H2,1H3/b6-2+. The van der Waals surface area contributed by atoms with Crippen LogP contribution in [0.15, 0.2) is 12.3 Å². The number of hydrogen-bond acceptors (Lipinski definition) is 2. The van der Waals surface area contributed by atoms with Crippen molar-refractivity contribution in [2.75, 3.05) is 0 Å². The lowest BCUT2D eigenvalue weighted by molar-refractivity contribution is -0.402. The number of allylic oxidation sites excluding steroid dienone is 1. The summed E-state index contributed by atoms with van der Waals surface area (Å²) in [6.07, 6.45) is 6.18. The first-order valence-corrected chi connectivity index (χ1v) is 4.00. The Morgan fingerprint density at radius 2 is 2.36 bits per heavy atom. The van der Waals surface area contributed by atoms with Crippen LogP contribution in [0.4, 0.5) is 0 Å². The van der Waals surface area contributed by atoms with Crippen LogP contribution in [0.5, 0.6) is 0 Å². The highest BCUT2D eigenvalue weighted by atomic mass is 16.6. The van der Waals surface area contributed by atoms with Crippen LogP contribution in [-0.4, -0.2) is 4.92 Å². The monoisotopic (exact) mass is 155 g/mol. The normalized spacial score (nSPS) is 20.5. The molecule has 0 spiro atoms. The molecule has 0 saturated heterocycles. The lowest BCUT2D eigenvalue weighted by Crippen LogP contribution is -1.94. The summed E-state index contributed by atoms with van der Waals surface area (Å²) in [6, 6.07) is 0. The molecule has 11 heavy (non-hydrogen) atoms. The summed E-state index contributed by atoms with van der Waals surface area (Å²) < 4.78 is 0. The number of rotatable bonds is 4. The quantitative estimate of drug-likeness (QED) is 0.461. The first-order chi connectivity index (χ1) is 5.20. The molecule has 0 aliphatic heterocycles. The van der Waals surface area contributed by atoms with E-state index in [2.05, 4.69) is 6.92 Å². The van der Waals surface area contributed by atoms with Crippen LogP contribution in [0.3, 0.4) is 0 Å². The van der Waals surface area contributed by atoms with E-state index in [1.54, 1.807) is 6.08 Å². The Morgan fingerprint density at radius 1 is 1.73 bits per heavy atom. The van der Waals surface area contributed by atoms with Gasteiger partial charge in [-0.25, -0.2) is 0 Å². The van der Waals surface area contributed by atoms with Crippen molar-refractivity contribution >= 4 is 0 Å². The molecule has 0 amide bonds. The van der Waals surface area contributed by atoms with E-state index in [1.807, 2.05) is 0 Å². The van der Waals surface area contributed by atoms with E-state index >= 15 is 0 Å². The van der Waals surface area contributed by atoms with E-state index in [0.717, 1.165) is 18.5 Å². The molecule has 1 saturated carbocycles. The molecule has 0 aromatic carbocycles. The van der Waals surface area contributed by atoms with Crippen molar-refractivity contribution < 1.29 is 4.92 Å². The minimum atomic E-state index is -0.403. The molecular weight excluding hydrogens is 142 g/mol. The summed E-state index contributed by atoms with van der Waals surface area (Å²) in [7, 11) is 0. The van der Waals surface area contributed by atoms with Crippen molar-refractivity contribution in [2.45, 2.75) is 26.2 Å². The summed E-state index contributed by atoms with van der Waals surface area (Å²) in [4.78, 5) is 9.48. The van der Waals surface area contributed by atoms with E-state index in [4.69, 9.17) is 0 Å². The maximum absolute atomic E-state index is 9.89. The summed E-state index contributed by atoms with van der Waals surface area (Å²) in [6.45, 7) is 2.15. The van der Waals surface area contributed by atoms with Gasteiger partial charge in [0.25, 0.3) is 0 Å². The zero-order valence-electron chi connectivity index (χ0n) is 6.69. The lowest BCUT2D eigenvalue weighted by atomic mass is 10.0. The van der Waals surface area contributed by atoms with Gasteiger partial charge in [-0.2, -0.15) is 0 Å². The van der Waals surface area contributed by atoms with E-state index in [-0.39, 0.29) is 0 Å². The molecule has 1 rings (SSSR count). The summed E-state index contributed by atoms with van der Waals surface area (Å²) >= 11 is 0. The van der Waals surface area contributed by atoms with Crippen molar-refractivity contribution in [1.29, 1.82) is 0 Å². The Balaban J connectivity index is 2.14. The second-order valence-corrected chi connectivity index (χ2v) is 3.22. The van der Waals surface area contributed by atoms with Gasteiger partial charge in [-0.15, -0.1) is 0 Å². The Hall–Kier alpha value is -0.860. The van der Waals surface area contributed by atoms with Crippen molar-refractivity contribution in [2.24, 2.45) is 11.8 Å². The van der Waals surface area contributed by atoms with Gasteiger partial charge in [0.2, 0.25) is 6.20 Å². The molecule has 0 N–H and O–H groups in total. The van der Waals surface area contributed by atoms with Gasteiger partial charge >= 0.3 is 0 Å². The molecule has 3 nitrogen and oxygen atoms in total. The maximum atomic E-state index is 9.89. The van der Waals surface area contributed by atoms with Crippen LogP contribution in [0, 0.1) is 22.0 Å². The molecule has 1 fully saturated rings. The predicted molar refractivity (Wildman–Crippen MR) is 42.6 cm³/mol.